The third-order valence-electron chi connectivity index (χ3n) is 4.05. The van der Waals surface area contributed by atoms with Gasteiger partial charge in [0, 0.05) is 5.56 Å². The topological polar surface area (TPSA) is 18.5 Å². The molecular weight excluding hydrogens is 299 g/mol. The Morgan fingerprint density at radius 1 is 1.05 bits per heavy atom. The zero-order valence-electron chi connectivity index (χ0n) is 12.8. The summed E-state index contributed by atoms with van der Waals surface area (Å²) in [4.78, 5) is 0. The molecule has 0 aromatic heterocycles. The highest BCUT2D eigenvalue weighted by Gasteiger charge is 2.50. The summed E-state index contributed by atoms with van der Waals surface area (Å²) < 4.78 is 63.7. The molecule has 0 spiro atoms. The van der Waals surface area contributed by atoms with Crippen LogP contribution in [0.4, 0.5) is 17.6 Å². The molecule has 7 heteroatoms. The minimum Gasteiger partial charge on any atom is -0.400 e. The van der Waals surface area contributed by atoms with Crippen LogP contribution in [0.1, 0.15) is 38.8 Å². The summed E-state index contributed by atoms with van der Waals surface area (Å²) in [6.45, 7) is 7.30. The Hall–Kier alpha value is -1.34. The third-order valence-corrected chi connectivity index (χ3v) is 4.05. The highest BCUT2D eigenvalue weighted by molar-refractivity contribution is 6.52. The van der Waals surface area contributed by atoms with E-state index in [1.54, 1.807) is 0 Å². The maximum absolute atomic E-state index is 13.7. The first-order valence-corrected chi connectivity index (χ1v) is 6.83. The average molecular weight is 316 g/mol. The van der Waals surface area contributed by atoms with E-state index < -0.39 is 41.4 Å². The Kier molecular flexibility index (Phi) is 4.17. The van der Waals surface area contributed by atoms with E-state index in [0.717, 1.165) is 24.3 Å². The van der Waals surface area contributed by atoms with E-state index in [1.807, 2.05) is 27.7 Å². The molecule has 1 fully saturated rings. The van der Waals surface area contributed by atoms with Crippen molar-refractivity contribution in [2.24, 2.45) is 0 Å². The van der Waals surface area contributed by atoms with Crippen LogP contribution in [0.25, 0.3) is 6.08 Å². The second-order valence-electron chi connectivity index (χ2n) is 6.18. The molecule has 2 rings (SSSR count). The van der Waals surface area contributed by atoms with Crippen LogP contribution < -0.4 is 0 Å². The smallest absolute Gasteiger partial charge is 0.400 e. The van der Waals surface area contributed by atoms with Crippen LogP contribution in [0.15, 0.2) is 24.2 Å². The Morgan fingerprint density at radius 2 is 1.59 bits per heavy atom. The fraction of sp³-hybridized carbons (Fsp3) is 0.467. The van der Waals surface area contributed by atoms with Gasteiger partial charge in [0.15, 0.2) is 0 Å². The third kappa shape index (κ3) is 3.20. The molecule has 1 aromatic rings. The van der Waals surface area contributed by atoms with Crippen LogP contribution in [-0.4, -0.2) is 18.3 Å². The summed E-state index contributed by atoms with van der Waals surface area (Å²) >= 11 is 0. The van der Waals surface area contributed by atoms with E-state index in [1.165, 1.54) is 5.98 Å². The van der Waals surface area contributed by atoms with Crippen molar-refractivity contribution in [1.29, 1.82) is 0 Å². The van der Waals surface area contributed by atoms with Crippen LogP contribution >= 0.6 is 0 Å². The van der Waals surface area contributed by atoms with Crippen LogP contribution in [0.2, 0.25) is 0 Å². The van der Waals surface area contributed by atoms with E-state index >= 15 is 0 Å². The molecule has 0 atom stereocenters. The van der Waals surface area contributed by atoms with Gasteiger partial charge in [-0.1, -0.05) is 18.1 Å². The van der Waals surface area contributed by atoms with Crippen molar-refractivity contribution in [2.75, 3.05) is 0 Å². The minimum atomic E-state index is -4.63. The van der Waals surface area contributed by atoms with Crippen molar-refractivity contribution in [1.82, 2.24) is 0 Å². The second-order valence-corrected chi connectivity index (χ2v) is 6.18. The Balaban J connectivity index is 2.29. The number of benzene rings is 1. The van der Waals surface area contributed by atoms with Crippen molar-refractivity contribution in [3.05, 3.63) is 41.1 Å². The molecule has 22 heavy (non-hydrogen) atoms. The molecule has 0 amide bonds. The van der Waals surface area contributed by atoms with Gasteiger partial charge in [0.1, 0.15) is 5.82 Å². The minimum absolute atomic E-state index is 0.523. The fourth-order valence-electron chi connectivity index (χ4n) is 2.10. The van der Waals surface area contributed by atoms with E-state index in [4.69, 9.17) is 9.31 Å². The normalized spacial score (nSPS) is 20.8. The summed E-state index contributed by atoms with van der Waals surface area (Å²) in [6, 6.07) is 2.86. The first kappa shape index (κ1) is 17.0. The maximum atomic E-state index is 13.7. The van der Waals surface area contributed by atoms with Gasteiger partial charge in [0.2, 0.25) is 0 Å². The number of hydrogen-bond donors (Lipinski definition) is 0. The molecule has 0 saturated carbocycles. The zero-order valence-corrected chi connectivity index (χ0v) is 12.8. The van der Waals surface area contributed by atoms with Crippen molar-refractivity contribution in [2.45, 2.75) is 45.1 Å². The molecular formula is C15H17BF4O2. The molecule has 0 N–H and O–H groups in total. The van der Waals surface area contributed by atoms with Gasteiger partial charge in [-0.15, -0.1) is 0 Å². The maximum Gasteiger partial charge on any atom is 0.487 e. The Labute approximate surface area is 127 Å². The van der Waals surface area contributed by atoms with E-state index in [-0.39, 0.29) is 0 Å². The SMILES string of the molecule is CC1(C)OB(C=Cc2c(F)cccc2C(F)(F)F)OC1(C)C. The predicted molar refractivity (Wildman–Crippen MR) is 76.5 cm³/mol. The van der Waals surface area contributed by atoms with E-state index in [2.05, 4.69) is 0 Å². The first-order chi connectivity index (χ1) is 9.94. The molecule has 0 aliphatic carbocycles. The van der Waals surface area contributed by atoms with Crippen LogP contribution in [-0.2, 0) is 15.5 Å². The highest BCUT2D eigenvalue weighted by Crippen LogP contribution is 2.38. The van der Waals surface area contributed by atoms with Crippen LogP contribution in [0.5, 0.6) is 0 Å². The van der Waals surface area contributed by atoms with Gasteiger partial charge in [-0.05, 0) is 39.8 Å². The average Bonchev–Trinajstić information content (AvgIpc) is 2.54. The van der Waals surface area contributed by atoms with Gasteiger partial charge in [-0.3, -0.25) is 0 Å². The zero-order chi connectivity index (χ0) is 16.8. The summed E-state index contributed by atoms with van der Waals surface area (Å²) in [5, 5.41) is 0. The Morgan fingerprint density at radius 3 is 2.09 bits per heavy atom. The number of halogens is 4. The lowest BCUT2D eigenvalue weighted by Crippen LogP contribution is -2.41. The lowest BCUT2D eigenvalue weighted by atomic mass is 9.88. The summed E-state index contributed by atoms with van der Waals surface area (Å²) in [6.07, 6.45) is -3.57. The summed E-state index contributed by atoms with van der Waals surface area (Å²) in [5.41, 5.74) is -2.77. The molecule has 1 heterocycles. The quantitative estimate of drug-likeness (QED) is 0.591. The lowest BCUT2D eigenvalue weighted by molar-refractivity contribution is -0.137. The molecule has 1 saturated heterocycles. The van der Waals surface area contributed by atoms with Crippen molar-refractivity contribution < 1.29 is 26.9 Å². The standard InChI is InChI=1S/C15H17BF4O2/c1-13(2)14(3,4)22-16(21-13)9-8-10-11(15(18,19)20)6-5-7-12(10)17/h5-9H,1-4H3. The van der Waals surface area contributed by atoms with E-state index in [0.29, 0.717) is 0 Å². The van der Waals surface area contributed by atoms with Gasteiger partial charge in [0.05, 0.1) is 16.8 Å². The molecule has 0 bridgehead atoms. The van der Waals surface area contributed by atoms with Gasteiger partial charge >= 0.3 is 13.3 Å². The molecule has 1 aliphatic heterocycles. The van der Waals surface area contributed by atoms with Crippen molar-refractivity contribution >= 4 is 13.2 Å². The largest absolute Gasteiger partial charge is 0.487 e. The van der Waals surface area contributed by atoms with Crippen molar-refractivity contribution in [3.63, 3.8) is 0 Å². The van der Waals surface area contributed by atoms with Gasteiger partial charge in [-0.25, -0.2) is 4.39 Å². The van der Waals surface area contributed by atoms with Gasteiger partial charge < -0.3 is 9.31 Å². The van der Waals surface area contributed by atoms with Gasteiger partial charge in [0.25, 0.3) is 0 Å². The summed E-state index contributed by atoms with van der Waals surface area (Å²) in [5.74, 6) is 0.354. The molecule has 0 radical (unpaired) electrons. The number of hydrogen-bond acceptors (Lipinski definition) is 2. The monoisotopic (exact) mass is 316 g/mol. The molecule has 120 valence electrons. The lowest BCUT2D eigenvalue weighted by Gasteiger charge is -2.32. The molecule has 1 aromatic carbocycles. The van der Waals surface area contributed by atoms with Gasteiger partial charge in [-0.2, -0.15) is 13.2 Å². The van der Waals surface area contributed by atoms with Crippen molar-refractivity contribution in [3.8, 4) is 0 Å². The number of alkyl halides is 3. The second kappa shape index (κ2) is 5.39. The van der Waals surface area contributed by atoms with E-state index in [9.17, 15) is 17.6 Å². The predicted octanol–water partition coefficient (Wildman–Crippen LogP) is 4.49. The van der Waals surface area contributed by atoms with Crippen LogP contribution in [0.3, 0.4) is 0 Å². The molecule has 1 aliphatic rings. The summed E-state index contributed by atoms with van der Waals surface area (Å²) in [7, 11) is -0.828. The Bertz CT molecular complexity index is 578. The number of rotatable bonds is 2. The fourth-order valence-corrected chi connectivity index (χ4v) is 2.10. The first-order valence-electron chi connectivity index (χ1n) is 6.83. The highest BCUT2D eigenvalue weighted by atomic mass is 19.4. The molecule has 0 unspecified atom stereocenters. The van der Waals surface area contributed by atoms with Crippen LogP contribution in [0, 0.1) is 5.82 Å². The molecule has 2 nitrogen and oxygen atoms in total.